The predicted octanol–water partition coefficient (Wildman–Crippen LogP) is 4.47. The zero-order valence-corrected chi connectivity index (χ0v) is 16.1. The van der Waals surface area contributed by atoms with Crippen LogP contribution >= 0.6 is 11.8 Å². The monoisotopic (exact) mass is 370 g/mol. The summed E-state index contributed by atoms with van der Waals surface area (Å²) in [6.45, 7) is 4.22. The number of anilines is 1. The molecule has 0 aliphatic carbocycles. The van der Waals surface area contributed by atoms with Crippen LogP contribution in [0.2, 0.25) is 0 Å². The zero-order valence-electron chi connectivity index (χ0n) is 15.3. The summed E-state index contributed by atoms with van der Waals surface area (Å²) >= 11 is 1.77. The van der Waals surface area contributed by atoms with Crippen LogP contribution < -0.4 is 10.6 Å². The summed E-state index contributed by atoms with van der Waals surface area (Å²) < 4.78 is 0. The van der Waals surface area contributed by atoms with Crippen molar-refractivity contribution < 1.29 is 9.59 Å². The molecule has 0 unspecified atom stereocenters. The van der Waals surface area contributed by atoms with E-state index in [0.717, 1.165) is 23.4 Å². The average Bonchev–Trinajstić information content (AvgIpc) is 2.65. The van der Waals surface area contributed by atoms with Crippen molar-refractivity contribution in [3.63, 3.8) is 0 Å². The molecule has 138 valence electrons. The SMILES string of the molecule is CC(C)C(=O)Nc1ccc(CNC(=O)CCCSc2ccccc2)cc1. The van der Waals surface area contributed by atoms with Gasteiger partial charge in [-0.25, -0.2) is 0 Å². The maximum absolute atomic E-state index is 11.9. The Balaban J connectivity index is 1.64. The maximum atomic E-state index is 11.9. The summed E-state index contributed by atoms with van der Waals surface area (Å²) in [4.78, 5) is 24.8. The topological polar surface area (TPSA) is 58.2 Å². The quantitative estimate of drug-likeness (QED) is 0.506. The fourth-order valence-corrected chi connectivity index (χ4v) is 3.09. The lowest BCUT2D eigenvalue weighted by Gasteiger charge is -2.09. The molecule has 0 aromatic heterocycles. The fourth-order valence-electron chi connectivity index (χ4n) is 2.22. The van der Waals surface area contributed by atoms with Crippen molar-refractivity contribution in [1.29, 1.82) is 0 Å². The summed E-state index contributed by atoms with van der Waals surface area (Å²) in [5, 5.41) is 5.79. The number of carbonyl (C=O) groups is 2. The van der Waals surface area contributed by atoms with Crippen LogP contribution in [0.1, 0.15) is 32.3 Å². The Labute approximate surface area is 159 Å². The summed E-state index contributed by atoms with van der Waals surface area (Å²) in [5.41, 5.74) is 1.79. The number of benzene rings is 2. The Bertz CT molecular complexity index is 700. The number of carbonyl (C=O) groups excluding carboxylic acids is 2. The van der Waals surface area contributed by atoms with Gasteiger partial charge in [-0.05, 0) is 42.0 Å². The third kappa shape index (κ3) is 7.31. The van der Waals surface area contributed by atoms with Gasteiger partial charge in [0.05, 0.1) is 0 Å². The zero-order chi connectivity index (χ0) is 18.8. The van der Waals surface area contributed by atoms with Crippen molar-refractivity contribution in [2.24, 2.45) is 5.92 Å². The Hall–Kier alpha value is -2.27. The molecule has 0 aliphatic rings. The van der Waals surface area contributed by atoms with E-state index in [2.05, 4.69) is 22.8 Å². The molecule has 2 N–H and O–H groups in total. The molecular weight excluding hydrogens is 344 g/mol. The van der Waals surface area contributed by atoms with Gasteiger partial charge < -0.3 is 10.6 Å². The molecule has 0 saturated heterocycles. The molecule has 5 heteroatoms. The Morgan fingerprint density at radius 2 is 1.69 bits per heavy atom. The van der Waals surface area contributed by atoms with E-state index >= 15 is 0 Å². The lowest BCUT2D eigenvalue weighted by molar-refractivity contribution is -0.121. The first-order valence-corrected chi connectivity index (χ1v) is 9.87. The van der Waals surface area contributed by atoms with Gasteiger partial charge in [0.15, 0.2) is 0 Å². The number of rotatable bonds is 9. The highest BCUT2D eigenvalue weighted by Gasteiger charge is 2.07. The Morgan fingerprint density at radius 3 is 2.35 bits per heavy atom. The minimum atomic E-state index is -0.0472. The van der Waals surface area contributed by atoms with Crippen LogP contribution in [0.15, 0.2) is 59.5 Å². The van der Waals surface area contributed by atoms with Crippen molar-refractivity contribution in [3.8, 4) is 0 Å². The minimum absolute atomic E-state index is 0.000532. The van der Waals surface area contributed by atoms with Crippen molar-refractivity contribution in [2.75, 3.05) is 11.1 Å². The molecule has 2 amide bonds. The second-order valence-electron chi connectivity index (χ2n) is 6.38. The van der Waals surface area contributed by atoms with E-state index in [1.165, 1.54) is 4.90 Å². The largest absolute Gasteiger partial charge is 0.352 e. The van der Waals surface area contributed by atoms with Gasteiger partial charge in [0.2, 0.25) is 11.8 Å². The van der Waals surface area contributed by atoms with Crippen LogP contribution in [0.3, 0.4) is 0 Å². The van der Waals surface area contributed by atoms with Crippen LogP contribution in [0.5, 0.6) is 0 Å². The van der Waals surface area contributed by atoms with Gasteiger partial charge in [0.1, 0.15) is 0 Å². The molecule has 26 heavy (non-hydrogen) atoms. The molecule has 0 bridgehead atoms. The van der Waals surface area contributed by atoms with Crippen LogP contribution in [0.25, 0.3) is 0 Å². The third-order valence-electron chi connectivity index (χ3n) is 3.80. The van der Waals surface area contributed by atoms with Crippen molar-refractivity contribution >= 4 is 29.3 Å². The summed E-state index contributed by atoms with van der Waals surface area (Å²) in [5.74, 6) is 0.950. The first-order valence-electron chi connectivity index (χ1n) is 8.89. The van der Waals surface area contributed by atoms with Gasteiger partial charge in [-0.1, -0.05) is 44.2 Å². The standard InChI is InChI=1S/C21H26N2O2S/c1-16(2)21(25)23-18-12-10-17(11-13-18)15-22-20(24)9-6-14-26-19-7-4-3-5-8-19/h3-5,7-8,10-13,16H,6,9,14-15H2,1-2H3,(H,22,24)(H,23,25). The molecule has 0 aliphatic heterocycles. The van der Waals surface area contributed by atoms with Crippen LogP contribution in [-0.4, -0.2) is 17.6 Å². The maximum Gasteiger partial charge on any atom is 0.226 e. The molecule has 0 fully saturated rings. The van der Waals surface area contributed by atoms with E-state index in [9.17, 15) is 9.59 Å². The third-order valence-corrected chi connectivity index (χ3v) is 4.89. The first kappa shape index (κ1) is 20.0. The highest BCUT2D eigenvalue weighted by atomic mass is 32.2. The van der Waals surface area contributed by atoms with Crippen LogP contribution in [-0.2, 0) is 16.1 Å². The first-order chi connectivity index (χ1) is 12.5. The molecule has 0 heterocycles. The van der Waals surface area contributed by atoms with Crippen molar-refractivity contribution in [2.45, 2.75) is 38.1 Å². The molecule has 0 saturated carbocycles. The lowest BCUT2D eigenvalue weighted by atomic mass is 10.1. The van der Waals surface area contributed by atoms with Crippen LogP contribution in [0, 0.1) is 5.92 Å². The van der Waals surface area contributed by atoms with E-state index < -0.39 is 0 Å². The fraction of sp³-hybridized carbons (Fsp3) is 0.333. The second-order valence-corrected chi connectivity index (χ2v) is 7.55. The lowest BCUT2D eigenvalue weighted by Crippen LogP contribution is -2.22. The summed E-state index contributed by atoms with van der Waals surface area (Å²) in [6.07, 6.45) is 1.38. The molecule has 2 aromatic carbocycles. The predicted molar refractivity (Wildman–Crippen MR) is 108 cm³/mol. The minimum Gasteiger partial charge on any atom is -0.352 e. The van der Waals surface area contributed by atoms with E-state index in [1.807, 2.05) is 56.3 Å². The van der Waals surface area contributed by atoms with Crippen molar-refractivity contribution in [3.05, 3.63) is 60.2 Å². The molecular formula is C21H26N2O2S. The molecule has 2 rings (SSSR count). The summed E-state index contributed by atoms with van der Waals surface area (Å²) in [6, 6.07) is 17.8. The molecule has 0 radical (unpaired) electrons. The normalized spacial score (nSPS) is 10.6. The summed E-state index contributed by atoms with van der Waals surface area (Å²) in [7, 11) is 0. The van der Waals surface area contributed by atoms with E-state index in [4.69, 9.17) is 0 Å². The number of nitrogens with one attached hydrogen (secondary N) is 2. The highest BCUT2D eigenvalue weighted by molar-refractivity contribution is 7.99. The number of amides is 2. The van der Waals surface area contributed by atoms with Crippen LogP contribution in [0.4, 0.5) is 5.69 Å². The molecule has 0 spiro atoms. The van der Waals surface area contributed by atoms with Gasteiger partial charge in [-0.3, -0.25) is 9.59 Å². The Kier molecular flexibility index (Phi) is 8.22. The number of hydrogen-bond acceptors (Lipinski definition) is 3. The van der Waals surface area contributed by atoms with Gasteiger partial charge >= 0.3 is 0 Å². The molecule has 0 atom stereocenters. The van der Waals surface area contributed by atoms with Crippen molar-refractivity contribution in [1.82, 2.24) is 5.32 Å². The molecule has 4 nitrogen and oxygen atoms in total. The Morgan fingerprint density at radius 1 is 1.00 bits per heavy atom. The second kappa shape index (κ2) is 10.7. The highest BCUT2D eigenvalue weighted by Crippen LogP contribution is 2.18. The van der Waals surface area contributed by atoms with E-state index in [-0.39, 0.29) is 17.7 Å². The van der Waals surface area contributed by atoms with E-state index in [0.29, 0.717) is 13.0 Å². The number of thioether (sulfide) groups is 1. The van der Waals surface area contributed by atoms with Gasteiger partial charge in [-0.2, -0.15) is 0 Å². The van der Waals surface area contributed by atoms with Gasteiger partial charge in [0, 0.05) is 29.5 Å². The van der Waals surface area contributed by atoms with E-state index in [1.54, 1.807) is 11.8 Å². The molecule has 2 aromatic rings. The smallest absolute Gasteiger partial charge is 0.226 e. The average molecular weight is 371 g/mol. The van der Waals surface area contributed by atoms with Gasteiger partial charge in [0.25, 0.3) is 0 Å². The number of hydrogen-bond donors (Lipinski definition) is 2. The van der Waals surface area contributed by atoms with Gasteiger partial charge in [-0.15, -0.1) is 11.8 Å².